The molecular weight excluding hydrogens is 244 g/mol. The zero-order valence-corrected chi connectivity index (χ0v) is 14.6. The molecule has 0 aromatic heterocycles. The van der Waals surface area contributed by atoms with Crippen LogP contribution in [0.5, 0.6) is 5.75 Å². The predicted octanol–water partition coefficient (Wildman–Crippen LogP) is 6.04. The molecule has 1 unspecified atom stereocenters. The molecule has 0 N–H and O–H groups in total. The third kappa shape index (κ3) is 5.98. The maximum atomic E-state index is 5.90. The van der Waals surface area contributed by atoms with Gasteiger partial charge in [0.2, 0.25) is 0 Å². The lowest BCUT2D eigenvalue weighted by molar-refractivity contribution is 0.131. The quantitative estimate of drug-likeness (QED) is 0.651. The van der Waals surface area contributed by atoms with Crippen LogP contribution in [0.3, 0.4) is 0 Å². The molecule has 0 aliphatic rings. The third-order valence-corrected chi connectivity index (χ3v) is 3.37. The van der Waals surface area contributed by atoms with Crippen molar-refractivity contribution in [3.05, 3.63) is 29.8 Å². The van der Waals surface area contributed by atoms with Crippen molar-refractivity contribution in [1.29, 1.82) is 0 Å². The van der Waals surface area contributed by atoms with Crippen LogP contribution >= 0.6 is 0 Å². The van der Waals surface area contributed by atoms with Crippen molar-refractivity contribution in [3.8, 4) is 5.75 Å². The smallest absolute Gasteiger partial charge is 0.120 e. The molecule has 1 nitrogen and oxygen atoms in total. The second-order valence-corrected chi connectivity index (χ2v) is 8.40. The van der Waals surface area contributed by atoms with Crippen molar-refractivity contribution >= 4 is 0 Å². The van der Waals surface area contributed by atoms with Crippen LogP contribution in [0.15, 0.2) is 24.3 Å². The van der Waals surface area contributed by atoms with E-state index in [2.05, 4.69) is 79.7 Å². The van der Waals surface area contributed by atoms with E-state index in [4.69, 9.17) is 4.74 Å². The van der Waals surface area contributed by atoms with Gasteiger partial charge in [0.25, 0.3) is 0 Å². The summed E-state index contributed by atoms with van der Waals surface area (Å²) in [6, 6.07) is 8.69. The highest BCUT2D eigenvalue weighted by atomic mass is 16.5. The zero-order chi connectivity index (χ0) is 15.6. The monoisotopic (exact) mass is 276 g/mol. The van der Waals surface area contributed by atoms with Crippen molar-refractivity contribution in [3.63, 3.8) is 0 Å². The average Bonchev–Trinajstić information content (AvgIpc) is 2.23. The van der Waals surface area contributed by atoms with Crippen LogP contribution in [0, 0.1) is 11.3 Å². The number of ether oxygens (including phenoxy) is 1. The summed E-state index contributed by atoms with van der Waals surface area (Å²) in [7, 11) is 0. The van der Waals surface area contributed by atoms with Crippen LogP contribution < -0.4 is 4.74 Å². The highest BCUT2D eigenvalue weighted by Crippen LogP contribution is 2.36. The van der Waals surface area contributed by atoms with Crippen LogP contribution in [0.2, 0.25) is 0 Å². The minimum Gasteiger partial charge on any atom is -0.488 e. The van der Waals surface area contributed by atoms with Crippen molar-refractivity contribution in [2.45, 2.75) is 73.3 Å². The molecule has 20 heavy (non-hydrogen) atoms. The second-order valence-electron chi connectivity index (χ2n) is 8.40. The molecule has 0 radical (unpaired) electrons. The summed E-state index contributed by atoms with van der Waals surface area (Å²) in [6.07, 6.45) is 1.21. The summed E-state index contributed by atoms with van der Waals surface area (Å²) in [5.74, 6) is 2.22. The number of hydrogen-bond acceptors (Lipinski definition) is 1. The molecule has 0 saturated heterocycles. The lowest BCUT2D eigenvalue weighted by Crippen LogP contribution is -2.23. The van der Waals surface area contributed by atoms with Crippen molar-refractivity contribution in [1.82, 2.24) is 0 Å². The topological polar surface area (TPSA) is 9.23 Å². The average molecular weight is 276 g/mol. The molecule has 0 spiro atoms. The first-order valence-corrected chi connectivity index (χ1v) is 7.77. The van der Waals surface area contributed by atoms with Gasteiger partial charge in [-0.05, 0) is 62.1 Å². The highest BCUT2D eigenvalue weighted by molar-refractivity contribution is 5.30. The Morgan fingerprint density at radius 2 is 1.40 bits per heavy atom. The molecular formula is C19H32O. The minimum atomic E-state index is -0.135. The molecule has 0 saturated carbocycles. The zero-order valence-electron chi connectivity index (χ0n) is 14.6. The van der Waals surface area contributed by atoms with E-state index in [0.29, 0.717) is 17.3 Å². The lowest BCUT2D eigenvalue weighted by Gasteiger charge is -2.29. The Hall–Kier alpha value is -0.980. The van der Waals surface area contributed by atoms with Gasteiger partial charge in [0.05, 0.1) is 0 Å². The van der Waals surface area contributed by atoms with Gasteiger partial charge in [-0.2, -0.15) is 0 Å². The molecule has 1 heteroatoms. The van der Waals surface area contributed by atoms with E-state index in [1.807, 2.05) is 0 Å². The summed E-state index contributed by atoms with van der Waals surface area (Å²) in [6.45, 7) is 17.8. The van der Waals surface area contributed by atoms with Gasteiger partial charge in [-0.1, -0.05) is 46.8 Å². The normalized spacial score (nSPS) is 14.4. The molecule has 0 bridgehead atoms. The Bertz CT molecular complexity index is 401. The number of hydrogen-bond donors (Lipinski definition) is 0. The molecule has 1 aromatic rings. The van der Waals surface area contributed by atoms with Crippen LogP contribution in [0.1, 0.15) is 73.3 Å². The summed E-state index contributed by atoms with van der Waals surface area (Å²) in [4.78, 5) is 0. The molecule has 1 atom stereocenters. The Morgan fingerprint density at radius 1 is 0.900 bits per heavy atom. The van der Waals surface area contributed by atoms with E-state index in [9.17, 15) is 0 Å². The second kappa shape index (κ2) is 6.20. The van der Waals surface area contributed by atoms with E-state index in [0.717, 1.165) is 5.75 Å². The maximum Gasteiger partial charge on any atom is 0.120 e. The molecule has 1 aromatic carbocycles. The Morgan fingerprint density at radius 3 is 1.75 bits per heavy atom. The largest absolute Gasteiger partial charge is 0.488 e. The molecule has 0 fully saturated rings. The van der Waals surface area contributed by atoms with Gasteiger partial charge in [-0.3, -0.25) is 0 Å². The first-order valence-electron chi connectivity index (χ1n) is 7.77. The Labute approximate surface area is 125 Å². The van der Waals surface area contributed by atoms with Gasteiger partial charge in [-0.15, -0.1) is 0 Å². The predicted molar refractivity (Wildman–Crippen MR) is 88.5 cm³/mol. The standard InChI is InChI=1S/C19H32O/c1-14(2)17(13-18(3,4)5)15-9-11-16(12-10-15)20-19(6,7)8/h9-12,14,17H,13H2,1-8H3. The highest BCUT2D eigenvalue weighted by Gasteiger charge is 2.23. The van der Waals surface area contributed by atoms with Crippen molar-refractivity contribution < 1.29 is 4.74 Å². The van der Waals surface area contributed by atoms with Gasteiger partial charge in [-0.25, -0.2) is 0 Å². The fourth-order valence-corrected chi connectivity index (χ4v) is 2.53. The molecule has 114 valence electrons. The third-order valence-electron chi connectivity index (χ3n) is 3.37. The van der Waals surface area contributed by atoms with Crippen LogP contribution in [-0.2, 0) is 0 Å². The molecule has 0 amide bonds. The van der Waals surface area contributed by atoms with E-state index in [1.165, 1.54) is 12.0 Å². The number of benzene rings is 1. The Kier molecular flexibility index (Phi) is 5.29. The van der Waals surface area contributed by atoms with Crippen LogP contribution in [-0.4, -0.2) is 5.60 Å². The summed E-state index contributed by atoms with van der Waals surface area (Å²) in [5, 5.41) is 0. The van der Waals surface area contributed by atoms with Crippen molar-refractivity contribution in [2.75, 3.05) is 0 Å². The fourth-order valence-electron chi connectivity index (χ4n) is 2.53. The minimum absolute atomic E-state index is 0.135. The van der Waals surface area contributed by atoms with Gasteiger partial charge in [0, 0.05) is 0 Å². The maximum absolute atomic E-state index is 5.90. The van der Waals surface area contributed by atoms with Crippen molar-refractivity contribution in [2.24, 2.45) is 11.3 Å². The van der Waals surface area contributed by atoms with Crippen LogP contribution in [0.4, 0.5) is 0 Å². The van der Waals surface area contributed by atoms with Gasteiger partial charge < -0.3 is 4.74 Å². The van der Waals surface area contributed by atoms with Gasteiger partial charge in [0.15, 0.2) is 0 Å². The van der Waals surface area contributed by atoms with E-state index in [1.54, 1.807) is 0 Å². The fraction of sp³-hybridized carbons (Fsp3) is 0.684. The lowest BCUT2D eigenvalue weighted by atomic mass is 9.76. The summed E-state index contributed by atoms with van der Waals surface area (Å²) < 4.78 is 5.90. The first kappa shape index (κ1) is 17.1. The summed E-state index contributed by atoms with van der Waals surface area (Å²) >= 11 is 0. The first-order chi connectivity index (χ1) is 8.98. The Balaban J connectivity index is 2.89. The van der Waals surface area contributed by atoms with E-state index < -0.39 is 0 Å². The molecule has 1 rings (SSSR count). The van der Waals surface area contributed by atoms with Gasteiger partial charge in [0.1, 0.15) is 11.4 Å². The summed E-state index contributed by atoms with van der Waals surface area (Å²) in [5.41, 5.74) is 1.65. The molecule has 0 aliphatic heterocycles. The SMILES string of the molecule is CC(C)C(CC(C)(C)C)c1ccc(OC(C)(C)C)cc1. The van der Waals surface area contributed by atoms with Crippen LogP contribution in [0.25, 0.3) is 0 Å². The van der Waals surface area contributed by atoms with E-state index in [-0.39, 0.29) is 5.60 Å². The van der Waals surface area contributed by atoms with Gasteiger partial charge >= 0.3 is 0 Å². The molecule has 0 aliphatic carbocycles. The number of rotatable bonds is 4. The van der Waals surface area contributed by atoms with E-state index >= 15 is 0 Å². The molecule has 0 heterocycles.